The standard InChI is InChI=1S/C13H24N2O3S/c1-3-10-15(19(2,17)18)11-9-13(16)14-12-7-5-4-6-8-12/h3,12H,1,4-11H2,2H3,(H,14,16). The summed E-state index contributed by atoms with van der Waals surface area (Å²) >= 11 is 0. The fraction of sp³-hybridized carbons (Fsp3) is 0.769. The van der Waals surface area contributed by atoms with E-state index in [4.69, 9.17) is 0 Å². The number of hydrogen-bond donors (Lipinski definition) is 1. The van der Waals surface area contributed by atoms with Crippen LogP contribution in [0.2, 0.25) is 0 Å². The van der Waals surface area contributed by atoms with Gasteiger partial charge in [-0.1, -0.05) is 25.3 Å². The van der Waals surface area contributed by atoms with Crippen LogP contribution in [0.1, 0.15) is 38.5 Å². The minimum Gasteiger partial charge on any atom is -0.353 e. The molecule has 0 aromatic heterocycles. The molecular weight excluding hydrogens is 264 g/mol. The molecule has 0 heterocycles. The summed E-state index contributed by atoms with van der Waals surface area (Å²) < 4.78 is 24.2. The lowest BCUT2D eigenvalue weighted by molar-refractivity contribution is -0.122. The molecule has 1 rings (SSSR count). The highest BCUT2D eigenvalue weighted by atomic mass is 32.2. The van der Waals surface area contributed by atoms with Crippen LogP contribution in [0.4, 0.5) is 0 Å². The van der Waals surface area contributed by atoms with Gasteiger partial charge in [-0.25, -0.2) is 8.42 Å². The molecule has 0 unspecified atom stereocenters. The number of carbonyl (C=O) groups excluding carboxylic acids is 1. The maximum atomic E-state index is 11.8. The number of hydrogen-bond acceptors (Lipinski definition) is 3. The van der Waals surface area contributed by atoms with E-state index < -0.39 is 10.0 Å². The zero-order chi connectivity index (χ0) is 14.3. The van der Waals surface area contributed by atoms with Gasteiger partial charge in [0.25, 0.3) is 0 Å². The van der Waals surface area contributed by atoms with E-state index in [9.17, 15) is 13.2 Å². The molecule has 19 heavy (non-hydrogen) atoms. The first-order valence-electron chi connectivity index (χ1n) is 6.79. The third kappa shape index (κ3) is 6.20. The maximum Gasteiger partial charge on any atom is 0.221 e. The molecule has 0 aromatic carbocycles. The Labute approximate surface area is 116 Å². The Balaban J connectivity index is 2.36. The molecule has 0 aliphatic heterocycles. The Kier molecular flexibility index (Phi) is 6.51. The molecule has 0 aromatic rings. The maximum absolute atomic E-state index is 11.8. The highest BCUT2D eigenvalue weighted by Crippen LogP contribution is 2.17. The normalized spacial score (nSPS) is 17.4. The monoisotopic (exact) mass is 288 g/mol. The summed E-state index contributed by atoms with van der Waals surface area (Å²) in [5, 5.41) is 2.98. The van der Waals surface area contributed by atoms with Crippen LogP contribution in [0.5, 0.6) is 0 Å². The number of amides is 1. The first-order valence-corrected chi connectivity index (χ1v) is 8.63. The fourth-order valence-corrected chi connectivity index (χ4v) is 3.11. The Morgan fingerprint density at radius 1 is 1.37 bits per heavy atom. The van der Waals surface area contributed by atoms with Gasteiger partial charge < -0.3 is 5.32 Å². The van der Waals surface area contributed by atoms with E-state index in [2.05, 4.69) is 11.9 Å². The lowest BCUT2D eigenvalue weighted by Gasteiger charge is -2.23. The average Bonchev–Trinajstić information content (AvgIpc) is 2.34. The average molecular weight is 288 g/mol. The van der Waals surface area contributed by atoms with Gasteiger partial charge in [0.2, 0.25) is 15.9 Å². The molecule has 0 atom stereocenters. The topological polar surface area (TPSA) is 66.5 Å². The van der Waals surface area contributed by atoms with Crippen molar-refractivity contribution in [1.82, 2.24) is 9.62 Å². The summed E-state index contributed by atoms with van der Waals surface area (Å²) in [6.07, 6.45) is 8.52. The minimum absolute atomic E-state index is 0.0652. The Morgan fingerprint density at radius 2 is 2.00 bits per heavy atom. The molecule has 0 saturated heterocycles. The quantitative estimate of drug-likeness (QED) is 0.718. The van der Waals surface area contributed by atoms with E-state index in [-0.39, 0.29) is 31.5 Å². The van der Waals surface area contributed by atoms with E-state index in [0.717, 1.165) is 31.9 Å². The summed E-state index contributed by atoms with van der Waals surface area (Å²) in [4.78, 5) is 11.8. The lowest BCUT2D eigenvalue weighted by Crippen LogP contribution is -2.39. The molecule has 0 bridgehead atoms. The van der Waals surface area contributed by atoms with Crippen LogP contribution in [0.3, 0.4) is 0 Å². The van der Waals surface area contributed by atoms with Crippen LogP contribution >= 0.6 is 0 Å². The van der Waals surface area contributed by atoms with Crippen LogP contribution < -0.4 is 5.32 Å². The zero-order valence-electron chi connectivity index (χ0n) is 11.6. The van der Waals surface area contributed by atoms with Crippen molar-refractivity contribution in [2.45, 2.75) is 44.6 Å². The highest BCUT2D eigenvalue weighted by Gasteiger charge is 2.19. The van der Waals surface area contributed by atoms with Gasteiger partial charge in [-0.3, -0.25) is 4.79 Å². The first-order chi connectivity index (χ1) is 8.93. The van der Waals surface area contributed by atoms with Crippen LogP contribution in [-0.2, 0) is 14.8 Å². The summed E-state index contributed by atoms with van der Waals surface area (Å²) in [5.74, 6) is -0.0652. The van der Waals surface area contributed by atoms with E-state index in [1.165, 1.54) is 16.8 Å². The number of nitrogens with zero attached hydrogens (tertiary/aromatic N) is 1. The van der Waals surface area contributed by atoms with Crippen molar-refractivity contribution in [3.8, 4) is 0 Å². The molecule has 1 aliphatic rings. The zero-order valence-corrected chi connectivity index (χ0v) is 12.4. The Hall–Kier alpha value is -0.880. The highest BCUT2D eigenvalue weighted by molar-refractivity contribution is 7.88. The molecule has 1 N–H and O–H groups in total. The first kappa shape index (κ1) is 16.2. The molecule has 1 fully saturated rings. The van der Waals surface area contributed by atoms with Crippen molar-refractivity contribution in [3.63, 3.8) is 0 Å². The SMILES string of the molecule is C=CCN(CCC(=O)NC1CCCCC1)S(C)(=O)=O. The lowest BCUT2D eigenvalue weighted by atomic mass is 9.95. The van der Waals surface area contributed by atoms with E-state index in [0.29, 0.717) is 0 Å². The molecule has 6 heteroatoms. The Morgan fingerprint density at radius 3 is 2.53 bits per heavy atom. The molecule has 1 aliphatic carbocycles. The number of nitrogens with one attached hydrogen (secondary N) is 1. The molecule has 1 saturated carbocycles. The predicted molar refractivity (Wildman–Crippen MR) is 76.2 cm³/mol. The van der Waals surface area contributed by atoms with Crippen molar-refractivity contribution < 1.29 is 13.2 Å². The van der Waals surface area contributed by atoms with Crippen molar-refractivity contribution in [2.24, 2.45) is 0 Å². The van der Waals surface area contributed by atoms with Gasteiger partial charge in [-0.15, -0.1) is 6.58 Å². The van der Waals surface area contributed by atoms with Crippen LogP contribution in [0.25, 0.3) is 0 Å². The summed E-state index contributed by atoms with van der Waals surface area (Å²) in [7, 11) is -3.27. The van der Waals surface area contributed by atoms with Gasteiger partial charge in [0.05, 0.1) is 6.26 Å². The molecule has 5 nitrogen and oxygen atoms in total. The third-order valence-electron chi connectivity index (χ3n) is 3.36. The van der Waals surface area contributed by atoms with Gasteiger partial charge in [-0.2, -0.15) is 4.31 Å². The van der Waals surface area contributed by atoms with Crippen LogP contribution in [-0.4, -0.2) is 44.0 Å². The fourth-order valence-electron chi connectivity index (χ4n) is 2.31. The van der Waals surface area contributed by atoms with E-state index in [1.807, 2.05) is 0 Å². The van der Waals surface area contributed by atoms with Crippen LogP contribution in [0, 0.1) is 0 Å². The number of rotatable bonds is 7. The molecular formula is C13H24N2O3S. The largest absolute Gasteiger partial charge is 0.353 e. The molecule has 110 valence electrons. The molecule has 0 spiro atoms. The van der Waals surface area contributed by atoms with Gasteiger partial charge in [0.1, 0.15) is 0 Å². The number of sulfonamides is 1. The van der Waals surface area contributed by atoms with Gasteiger partial charge >= 0.3 is 0 Å². The summed E-state index contributed by atoms with van der Waals surface area (Å²) in [6, 6.07) is 0.271. The van der Waals surface area contributed by atoms with Crippen molar-refractivity contribution in [2.75, 3.05) is 19.3 Å². The predicted octanol–water partition coefficient (Wildman–Crippen LogP) is 1.27. The second kappa shape index (κ2) is 7.65. The van der Waals surface area contributed by atoms with E-state index in [1.54, 1.807) is 0 Å². The van der Waals surface area contributed by atoms with Crippen molar-refractivity contribution in [3.05, 3.63) is 12.7 Å². The van der Waals surface area contributed by atoms with Crippen LogP contribution in [0.15, 0.2) is 12.7 Å². The minimum atomic E-state index is -3.27. The number of carbonyl (C=O) groups is 1. The summed E-state index contributed by atoms with van der Waals surface area (Å²) in [5.41, 5.74) is 0. The van der Waals surface area contributed by atoms with Gasteiger partial charge in [0.15, 0.2) is 0 Å². The van der Waals surface area contributed by atoms with Gasteiger partial charge in [-0.05, 0) is 12.8 Å². The van der Waals surface area contributed by atoms with Crippen molar-refractivity contribution >= 4 is 15.9 Å². The smallest absolute Gasteiger partial charge is 0.221 e. The summed E-state index contributed by atoms with van der Waals surface area (Å²) in [6.45, 7) is 3.99. The van der Waals surface area contributed by atoms with E-state index >= 15 is 0 Å². The molecule has 0 radical (unpaired) electrons. The third-order valence-corrected chi connectivity index (χ3v) is 4.63. The van der Waals surface area contributed by atoms with Gasteiger partial charge in [0, 0.05) is 25.6 Å². The Bertz CT molecular complexity index is 400. The molecule has 1 amide bonds. The second-order valence-corrected chi connectivity index (χ2v) is 7.04. The second-order valence-electron chi connectivity index (χ2n) is 5.06. The van der Waals surface area contributed by atoms with Crippen molar-refractivity contribution in [1.29, 1.82) is 0 Å².